The molecule has 0 aromatic carbocycles. The van der Waals surface area contributed by atoms with E-state index in [0.29, 0.717) is 13.1 Å². The molecular formula is C15H29N3O2. The first-order valence-electron chi connectivity index (χ1n) is 7.94. The van der Waals surface area contributed by atoms with Crippen molar-refractivity contribution in [3.8, 4) is 0 Å². The van der Waals surface area contributed by atoms with E-state index in [4.69, 9.17) is 0 Å². The minimum absolute atomic E-state index is 0.155. The summed E-state index contributed by atoms with van der Waals surface area (Å²) < 4.78 is 0. The van der Waals surface area contributed by atoms with E-state index in [9.17, 15) is 9.90 Å². The van der Waals surface area contributed by atoms with Crippen LogP contribution in [0.2, 0.25) is 0 Å². The molecule has 2 heterocycles. The average molecular weight is 283 g/mol. The fourth-order valence-electron chi connectivity index (χ4n) is 3.21. The van der Waals surface area contributed by atoms with Gasteiger partial charge in [-0.2, -0.15) is 0 Å². The minimum atomic E-state index is -0.678. The van der Waals surface area contributed by atoms with Crippen molar-refractivity contribution >= 4 is 5.91 Å². The number of nitrogens with one attached hydrogen (secondary N) is 1. The van der Waals surface area contributed by atoms with Crippen molar-refractivity contribution in [1.29, 1.82) is 0 Å². The minimum Gasteiger partial charge on any atom is -0.387 e. The number of likely N-dealkylation sites (tertiary alicyclic amines) is 1. The zero-order valence-electron chi connectivity index (χ0n) is 12.9. The highest BCUT2D eigenvalue weighted by Gasteiger charge is 2.35. The van der Waals surface area contributed by atoms with E-state index >= 15 is 0 Å². The maximum absolute atomic E-state index is 12.6. The Hall–Kier alpha value is -0.650. The van der Waals surface area contributed by atoms with Crippen LogP contribution in [0.5, 0.6) is 0 Å². The fourth-order valence-corrected chi connectivity index (χ4v) is 3.21. The highest BCUT2D eigenvalue weighted by molar-refractivity contribution is 5.81. The van der Waals surface area contributed by atoms with Gasteiger partial charge < -0.3 is 15.3 Å². The van der Waals surface area contributed by atoms with Crippen LogP contribution in [0.1, 0.15) is 39.0 Å². The molecule has 116 valence electrons. The summed E-state index contributed by atoms with van der Waals surface area (Å²) in [6.45, 7) is 5.78. The van der Waals surface area contributed by atoms with Gasteiger partial charge in [0, 0.05) is 26.2 Å². The third kappa shape index (κ3) is 3.93. The zero-order valence-corrected chi connectivity index (χ0v) is 12.9. The smallest absolute Gasteiger partial charge is 0.239 e. The summed E-state index contributed by atoms with van der Waals surface area (Å²) >= 11 is 0. The quantitative estimate of drug-likeness (QED) is 0.786. The number of hydrogen-bond acceptors (Lipinski definition) is 4. The third-order valence-corrected chi connectivity index (χ3v) is 4.70. The number of likely N-dealkylation sites (N-methyl/N-ethyl adjacent to an activating group) is 1. The standard InChI is InChI=1S/C15H29N3O2/c1-13(14(19)18-9-5-3-4-6-10-18)17(2)12-15(20)7-8-16-11-15/h13,16,20H,3-12H2,1-2H3. The van der Waals surface area contributed by atoms with Crippen LogP contribution < -0.4 is 5.32 Å². The van der Waals surface area contributed by atoms with E-state index in [1.165, 1.54) is 12.8 Å². The van der Waals surface area contributed by atoms with Crippen molar-refractivity contribution in [3.63, 3.8) is 0 Å². The number of aliphatic hydroxyl groups is 1. The predicted molar refractivity (Wildman–Crippen MR) is 79.6 cm³/mol. The number of β-amino-alcohol motifs (C(OH)–C–C–N with tert-alkyl or cyclic N) is 1. The second-order valence-corrected chi connectivity index (χ2v) is 6.48. The van der Waals surface area contributed by atoms with Gasteiger partial charge in [-0.3, -0.25) is 9.69 Å². The molecule has 0 aromatic heterocycles. The van der Waals surface area contributed by atoms with Crippen LogP contribution in [0, 0.1) is 0 Å². The topological polar surface area (TPSA) is 55.8 Å². The van der Waals surface area contributed by atoms with E-state index in [0.717, 1.165) is 38.9 Å². The van der Waals surface area contributed by atoms with Gasteiger partial charge in [0.2, 0.25) is 5.91 Å². The summed E-state index contributed by atoms with van der Waals surface area (Å²) in [5, 5.41) is 13.6. The molecule has 2 aliphatic heterocycles. The molecular weight excluding hydrogens is 254 g/mol. The Balaban J connectivity index is 1.88. The molecule has 2 rings (SSSR count). The van der Waals surface area contributed by atoms with E-state index in [1.54, 1.807) is 0 Å². The van der Waals surface area contributed by atoms with Gasteiger partial charge in [-0.1, -0.05) is 12.8 Å². The molecule has 5 nitrogen and oxygen atoms in total. The SMILES string of the molecule is CC(C(=O)N1CCCCCC1)N(C)CC1(O)CCNC1. The maximum atomic E-state index is 12.6. The molecule has 2 atom stereocenters. The molecule has 0 aliphatic carbocycles. The lowest BCUT2D eigenvalue weighted by Crippen LogP contribution is -2.51. The molecule has 20 heavy (non-hydrogen) atoms. The molecule has 0 aromatic rings. The lowest BCUT2D eigenvalue weighted by Gasteiger charge is -2.34. The van der Waals surface area contributed by atoms with Gasteiger partial charge in [0.1, 0.15) is 0 Å². The Morgan fingerprint density at radius 3 is 2.55 bits per heavy atom. The first-order chi connectivity index (χ1) is 9.52. The van der Waals surface area contributed by atoms with Crippen LogP contribution >= 0.6 is 0 Å². The van der Waals surface area contributed by atoms with E-state index in [-0.39, 0.29) is 11.9 Å². The molecule has 2 aliphatic rings. The largest absolute Gasteiger partial charge is 0.387 e. The lowest BCUT2D eigenvalue weighted by atomic mass is 10.0. The van der Waals surface area contributed by atoms with Gasteiger partial charge in [0.05, 0.1) is 11.6 Å². The molecule has 0 spiro atoms. The van der Waals surface area contributed by atoms with Gasteiger partial charge in [-0.25, -0.2) is 0 Å². The molecule has 2 fully saturated rings. The van der Waals surface area contributed by atoms with Gasteiger partial charge in [-0.15, -0.1) is 0 Å². The van der Waals surface area contributed by atoms with Crippen molar-refractivity contribution in [3.05, 3.63) is 0 Å². The maximum Gasteiger partial charge on any atom is 0.239 e. The number of carbonyl (C=O) groups excluding carboxylic acids is 1. The number of amides is 1. The van der Waals surface area contributed by atoms with Crippen LogP contribution in [0.15, 0.2) is 0 Å². The predicted octanol–water partition coefficient (Wildman–Crippen LogP) is 0.434. The number of rotatable bonds is 4. The van der Waals surface area contributed by atoms with Gasteiger partial charge in [0.25, 0.3) is 0 Å². The van der Waals surface area contributed by atoms with Gasteiger partial charge in [0.15, 0.2) is 0 Å². The number of carbonyl (C=O) groups is 1. The number of hydrogen-bond donors (Lipinski definition) is 2. The fraction of sp³-hybridized carbons (Fsp3) is 0.933. The van der Waals surface area contributed by atoms with Crippen LogP contribution in [0.25, 0.3) is 0 Å². The van der Waals surface area contributed by atoms with Gasteiger partial charge in [-0.05, 0) is 39.8 Å². The molecule has 2 N–H and O–H groups in total. The van der Waals surface area contributed by atoms with E-state index in [2.05, 4.69) is 5.32 Å². The van der Waals surface area contributed by atoms with Gasteiger partial charge >= 0.3 is 0 Å². The first kappa shape index (κ1) is 15.7. The summed E-state index contributed by atoms with van der Waals surface area (Å²) in [5.74, 6) is 0.212. The Bertz CT molecular complexity index is 321. The molecule has 1 amide bonds. The average Bonchev–Trinajstić information content (AvgIpc) is 2.69. The normalized spacial score (nSPS) is 29.5. The van der Waals surface area contributed by atoms with E-state index in [1.807, 2.05) is 23.8 Å². The van der Waals surface area contributed by atoms with Crippen molar-refractivity contribution < 1.29 is 9.90 Å². The molecule has 0 radical (unpaired) electrons. The van der Waals surface area contributed by atoms with Crippen LogP contribution in [-0.2, 0) is 4.79 Å². The lowest BCUT2D eigenvalue weighted by molar-refractivity contribution is -0.136. The highest BCUT2D eigenvalue weighted by atomic mass is 16.3. The van der Waals surface area contributed by atoms with Crippen LogP contribution in [0.3, 0.4) is 0 Å². The Labute approximate surface area is 122 Å². The number of nitrogens with zero attached hydrogens (tertiary/aromatic N) is 2. The molecule has 0 saturated carbocycles. The van der Waals surface area contributed by atoms with Crippen molar-refractivity contribution in [2.45, 2.75) is 50.7 Å². The van der Waals surface area contributed by atoms with Crippen molar-refractivity contribution in [1.82, 2.24) is 15.1 Å². The first-order valence-corrected chi connectivity index (χ1v) is 7.94. The second-order valence-electron chi connectivity index (χ2n) is 6.48. The summed E-state index contributed by atoms with van der Waals surface area (Å²) in [6, 6.07) is -0.155. The zero-order chi connectivity index (χ0) is 14.6. The Morgan fingerprint density at radius 2 is 2.00 bits per heavy atom. The second kappa shape index (κ2) is 6.87. The molecule has 5 heteroatoms. The highest BCUT2D eigenvalue weighted by Crippen LogP contribution is 2.18. The summed E-state index contributed by atoms with van der Waals surface area (Å²) in [5.41, 5.74) is -0.678. The molecule has 0 bridgehead atoms. The van der Waals surface area contributed by atoms with Crippen molar-refractivity contribution in [2.75, 3.05) is 39.8 Å². The monoisotopic (exact) mass is 283 g/mol. The summed E-state index contributed by atoms with van der Waals surface area (Å²) in [6.07, 6.45) is 5.48. The Kier molecular flexibility index (Phi) is 5.41. The molecule has 2 unspecified atom stereocenters. The summed E-state index contributed by atoms with van der Waals surface area (Å²) in [4.78, 5) is 16.6. The van der Waals surface area contributed by atoms with E-state index < -0.39 is 5.60 Å². The van der Waals surface area contributed by atoms with Crippen LogP contribution in [-0.4, -0.2) is 72.2 Å². The Morgan fingerprint density at radius 1 is 1.35 bits per heavy atom. The van der Waals surface area contributed by atoms with Crippen LogP contribution in [0.4, 0.5) is 0 Å². The third-order valence-electron chi connectivity index (χ3n) is 4.70. The van der Waals surface area contributed by atoms with Crippen molar-refractivity contribution in [2.24, 2.45) is 0 Å². The summed E-state index contributed by atoms with van der Waals surface area (Å²) in [7, 11) is 1.94. The molecule has 2 saturated heterocycles.